The molecule has 1 rings (SSSR count). The average Bonchev–Trinajstić information content (AvgIpc) is 2.35. The number of hydrogen-bond acceptors (Lipinski definition) is 3. The second-order valence-corrected chi connectivity index (χ2v) is 6.74. The van der Waals surface area contributed by atoms with Crippen LogP contribution in [0, 0.1) is 5.41 Å². The zero-order chi connectivity index (χ0) is 14.5. The molecule has 1 atom stereocenters. The Labute approximate surface area is 116 Å². The van der Waals surface area contributed by atoms with Gasteiger partial charge < -0.3 is 15.2 Å². The molecule has 0 aromatic carbocycles. The minimum absolute atomic E-state index is 0.218. The molecule has 1 fully saturated rings. The van der Waals surface area contributed by atoms with E-state index >= 15 is 0 Å². The molecule has 0 amide bonds. The first-order chi connectivity index (χ1) is 8.79. The van der Waals surface area contributed by atoms with Crippen LogP contribution in [-0.2, 0) is 9.53 Å². The summed E-state index contributed by atoms with van der Waals surface area (Å²) in [5, 5.41) is 12.4. The van der Waals surface area contributed by atoms with E-state index in [1.54, 1.807) is 6.92 Å². The van der Waals surface area contributed by atoms with E-state index in [1.165, 1.54) is 0 Å². The Hall–Kier alpha value is -0.610. The van der Waals surface area contributed by atoms with Crippen LogP contribution in [-0.4, -0.2) is 35.9 Å². The maximum absolute atomic E-state index is 11.4. The molecule has 0 saturated heterocycles. The highest BCUT2D eigenvalue weighted by molar-refractivity contribution is 5.78. The van der Waals surface area contributed by atoms with E-state index in [0.29, 0.717) is 12.0 Å². The van der Waals surface area contributed by atoms with Crippen molar-refractivity contribution in [3.63, 3.8) is 0 Å². The number of hydrogen-bond donors (Lipinski definition) is 2. The van der Waals surface area contributed by atoms with E-state index < -0.39 is 11.5 Å². The third-order valence-corrected chi connectivity index (χ3v) is 4.13. The fourth-order valence-electron chi connectivity index (χ4n) is 2.41. The molecule has 4 heteroatoms. The van der Waals surface area contributed by atoms with Gasteiger partial charge in [0.2, 0.25) is 0 Å². The van der Waals surface area contributed by atoms with Gasteiger partial charge in [0.15, 0.2) is 0 Å². The van der Waals surface area contributed by atoms with Gasteiger partial charge in [-0.2, -0.15) is 0 Å². The molecule has 0 aromatic rings. The molecular weight excluding hydrogens is 242 g/mol. The van der Waals surface area contributed by atoms with Crippen molar-refractivity contribution in [1.29, 1.82) is 0 Å². The minimum atomic E-state index is -0.969. The normalized spacial score (nSPS) is 22.9. The molecule has 0 bridgehead atoms. The van der Waals surface area contributed by atoms with Gasteiger partial charge in [0.05, 0.1) is 12.7 Å². The van der Waals surface area contributed by atoms with Gasteiger partial charge in [0, 0.05) is 0 Å². The Morgan fingerprint density at radius 1 is 1.42 bits per heavy atom. The molecule has 0 heterocycles. The van der Waals surface area contributed by atoms with Gasteiger partial charge in [-0.25, -0.2) is 0 Å². The summed E-state index contributed by atoms with van der Waals surface area (Å²) in [6, 6.07) is 0. The lowest BCUT2D eigenvalue weighted by Gasteiger charge is -2.36. The lowest BCUT2D eigenvalue weighted by Crippen LogP contribution is -2.54. The molecule has 1 aliphatic rings. The van der Waals surface area contributed by atoms with Gasteiger partial charge in [0.1, 0.15) is 5.54 Å². The molecule has 0 spiro atoms. The van der Waals surface area contributed by atoms with Crippen LogP contribution in [0.2, 0.25) is 0 Å². The van der Waals surface area contributed by atoms with Gasteiger partial charge in [-0.1, -0.05) is 20.8 Å². The third-order valence-electron chi connectivity index (χ3n) is 4.13. The highest BCUT2D eigenvalue weighted by atomic mass is 16.5. The maximum Gasteiger partial charge on any atom is 0.326 e. The van der Waals surface area contributed by atoms with E-state index in [9.17, 15) is 9.90 Å². The number of carboxylic acids is 1. The Morgan fingerprint density at radius 2 is 2.00 bits per heavy atom. The van der Waals surface area contributed by atoms with E-state index in [0.717, 1.165) is 32.1 Å². The SMILES string of the molecule is CCCNC(C)(COC1CCC(C)(C)CC1)C(=O)O. The summed E-state index contributed by atoms with van der Waals surface area (Å²) in [6.07, 6.45) is 5.52. The van der Waals surface area contributed by atoms with Crippen LogP contribution >= 0.6 is 0 Å². The standard InChI is InChI=1S/C15H29NO3/c1-5-10-16-15(4,13(17)18)11-19-12-6-8-14(2,3)9-7-12/h12,16H,5-11H2,1-4H3,(H,17,18). The largest absolute Gasteiger partial charge is 0.480 e. The molecule has 0 aliphatic heterocycles. The molecule has 112 valence electrons. The summed E-state index contributed by atoms with van der Waals surface area (Å²) in [5.41, 5.74) is -0.556. The molecule has 4 nitrogen and oxygen atoms in total. The van der Waals surface area contributed by atoms with Gasteiger partial charge >= 0.3 is 5.97 Å². The minimum Gasteiger partial charge on any atom is -0.480 e. The lowest BCUT2D eigenvalue weighted by atomic mass is 9.76. The van der Waals surface area contributed by atoms with E-state index in [2.05, 4.69) is 19.2 Å². The summed E-state index contributed by atoms with van der Waals surface area (Å²) in [5.74, 6) is -0.836. The van der Waals surface area contributed by atoms with E-state index in [4.69, 9.17) is 4.74 Å². The van der Waals surface area contributed by atoms with Crippen LogP contribution in [0.3, 0.4) is 0 Å². The first kappa shape index (κ1) is 16.4. The second-order valence-electron chi connectivity index (χ2n) is 6.74. The van der Waals surface area contributed by atoms with E-state index in [-0.39, 0.29) is 12.7 Å². The molecule has 1 unspecified atom stereocenters. The predicted molar refractivity (Wildman–Crippen MR) is 76.3 cm³/mol. The Balaban J connectivity index is 2.42. The first-order valence-corrected chi connectivity index (χ1v) is 7.39. The van der Waals surface area contributed by atoms with Gasteiger partial charge in [-0.05, 0) is 51.0 Å². The number of aliphatic carboxylic acids is 1. The van der Waals surface area contributed by atoms with Crippen molar-refractivity contribution in [3.8, 4) is 0 Å². The quantitative estimate of drug-likeness (QED) is 0.747. The molecule has 2 N–H and O–H groups in total. The van der Waals surface area contributed by atoms with Crippen LogP contribution in [0.25, 0.3) is 0 Å². The smallest absolute Gasteiger partial charge is 0.326 e. The van der Waals surface area contributed by atoms with Crippen molar-refractivity contribution < 1.29 is 14.6 Å². The van der Waals surface area contributed by atoms with Crippen molar-refractivity contribution in [1.82, 2.24) is 5.32 Å². The topological polar surface area (TPSA) is 58.6 Å². The zero-order valence-corrected chi connectivity index (χ0v) is 12.8. The number of carboxylic acid groups (broad SMARTS) is 1. The summed E-state index contributed by atoms with van der Waals surface area (Å²) in [7, 11) is 0. The molecule has 0 radical (unpaired) electrons. The highest BCUT2D eigenvalue weighted by Crippen LogP contribution is 2.36. The summed E-state index contributed by atoms with van der Waals surface area (Å²) in [4.78, 5) is 11.4. The lowest BCUT2D eigenvalue weighted by molar-refractivity contribution is -0.148. The van der Waals surface area contributed by atoms with Crippen molar-refractivity contribution in [2.24, 2.45) is 5.41 Å². The highest BCUT2D eigenvalue weighted by Gasteiger charge is 2.35. The van der Waals surface area contributed by atoms with Gasteiger partial charge in [-0.15, -0.1) is 0 Å². The Kier molecular flexibility index (Phi) is 5.81. The Morgan fingerprint density at radius 3 is 2.47 bits per heavy atom. The molecule has 1 aliphatic carbocycles. The summed E-state index contributed by atoms with van der Waals surface area (Å²) in [6.45, 7) is 9.25. The van der Waals surface area contributed by atoms with Crippen LogP contribution < -0.4 is 5.32 Å². The number of carbonyl (C=O) groups is 1. The monoisotopic (exact) mass is 271 g/mol. The van der Waals surface area contributed by atoms with Crippen LogP contribution in [0.5, 0.6) is 0 Å². The summed E-state index contributed by atoms with van der Waals surface area (Å²) >= 11 is 0. The van der Waals surface area contributed by atoms with E-state index in [1.807, 2.05) is 6.92 Å². The van der Waals surface area contributed by atoms with Crippen molar-refractivity contribution in [2.75, 3.05) is 13.2 Å². The zero-order valence-electron chi connectivity index (χ0n) is 12.8. The van der Waals surface area contributed by atoms with Crippen molar-refractivity contribution in [3.05, 3.63) is 0 Å². The van der Waals surface area contributed by atoms with Gasteiger partial charge in [-0.3, -0.25) is 4.79 Å². The second kappa shape index (κ2) is 6.71. The van der Waals surface area contributed by atoms with Gasteiger partial charge in [0.25, 0.3) is 0 Å². The number of ether oxygens (including phenoxy) is 1. The van der Waals surface area contributed by atoms with Crippen LogP contribution in [0.4, 0.5) is 0 Å². The molecular formula is C15H29NO3. The van der Waals surface area contributed by atoms with Crippen molar-refractivity contribution in [2.45, 2.75) is 71.4 Å². The fraction of sp³-hybridized carbons (Fsp3) is 0.933. The van der Waals surface area contributed by atoms with Crippen molar-refractivity contribution >= 4 is 5.97 Å². The maximum atomic E-state index is 11.4. The molecule has 1 saturated carbocycles. The fourth-order valence-corrected chi connectivity index (χ4v) is 2.41. The van der Waals surface area contributed by atoms with Crippen LogP contribution in [0.1, 0.15) is 59.8 Å². The average molecular weight is 271 g/mol. The summed E-state index contributed by atoms with van der Waals surface area (Å²) < 4.78 is 5.86. The molecule has 0 aromatic heterocycles. The third kappa shape index (κ3) is 5.11. The Bertz CT molecular complexity index is 294. The number of nitrogens with one attached hydrogen (secondary N) is 1. The molecule has 19 heavy (non-hydrogen) atoms. The first-order valence-electron chi connectivity index (χ1n) is 7.39. The number of rotatable bonds is 7. The predicted octanol–water partition coefficient (Wildman–Crippen LogP) is 2.81. The van der Waals surface area contributed by atoms with Crippen LogP contribution in [0.15, 0.2) is 0 Å².